The van der Waals surface area contributed by atoms with E-state index in [4.69, 9.17) is 15.2 Å². The van der Waals surface area contributed by atoms with Crippen molar-refractivity contribution in [3.05, 3.63) is 23.8 Å². The number of rotatable bonds is 3. The predicted molar refractivity (Wildman–Crippen MR) is 77.9 cm³/mol. The summed E-state index contributed by atoms with van der Waals surface area (Å²) >= 11 is 0. The molecule has 0 saturated heterocycles. The Morgan fingerprint density at radius 3 is 2.40 bits per heavy atom. The standard InChI is InChI=1S/C14H21NO4S/c1-14(2,20(3,16)17)13(15)10-5-6-11-12(9-10)19-8-4-7-18-11/h5-6,9,13H,4,7-8,15H2,1-3H3. The molecule has 6 heteroatoms. The van der Waals surface area contributed by atoms with Crippen LogP contribution in [0.2, 0.25) is 0 Å². The van der Waals surface area contributed by atoms with Gasteiger partial charge in [0.25, 0.3) is 0 Å². The van der Waals surface area contributed by atoms with E-state index < -0.39 is 20.6 Å². The van der Waals surface area contributed by atoms with Gasteiger partial charge in [-0.3, -0.25) is 0 Å². The maximum Gasteiger partial charge on any atom is 0.161 e. The van der Waals surface area contributed by atoms with Gasteiger partial charge < -0.3 is 15.2 Å². The van der Waals surface area contributed by atoms with Crippen LogP contribution in [-0.2, 0) is 9.84 Å². The van der Waals surface area contributed by atoms with Crippen LogP contribution in [-0.4, -0.2) is 32.6 Å². The number of benzene rings is 1. The minimum absolute atomic E-state index is 0.584. The van der Waals surface area contributed by atoms with Crippen molar-refractivity contribution in [3.63, 3.8) is 0 Å². The fourth-order valence-corrected chi connectivity index (χ4v) is 2.60. The Balaban J connectivity index is 2.37. The van der Waals surface area contributed by atoms with E-state index >= 15 is 0 Å². The molecular formula is C14H21NO4S. The molecule has 1 aromatic rings. The van der Waals surface area contributed by atoms with E-state index in [1.165, 1.54) is 6.26 Å². The zero-order valence-electron chi connectivity index (χ0n) is 12.0. The summed E-state index contributed by atoms with van der Waals surface area (Å²) in [5.74, 6) is 1.30. The van der Waals surface area contributed by atoms with Crippen molar-refractivity contribution >= 4 is 9.84 Å². The summed E-state index contributed by atoms with van der Waals surface area (Å²) in [7, 11) is -3.28. The Kier molecular flexibility index (Phi) is 3.97. The quantitative estimate of drug-likeness (QED) is 0.918. The molecule has 0 spiro atoms. The lowest BCUT2D eigenvalue weighted by molar-refractivity contribution is 0.297. The second kappa shape index (κ2) is 5.26. The van der Waals surface area contributed by atoms with Crippen LogP contribution in [0, 0.1) is 0 Å². The van der Waals surface area contributed by atoms with E-state index in [2.05, 4.69) is 0 Å². The van der Waals surface area contributed by atoms with Crippen molar-refractivity contribution in [2.24, 2.45) is 5.73 Å². The van der Waals surface area contributed by atoms with E-state index in [9.17, 15) is 8.42 Å². The van der Waals surface area contributed by atoms with Gasteiger partial charge in [-0.15, -0.1) is 0 Å². The third-order valence-corrected chi connectivity index (χ3v) is 6.00. The van der Waals surface area contributed by atoms with Crippen molar-refractivity contribution in [3.8, 4) is 11.5 Å². The maximum atomic E-state index is 11.9. The fourth-order valence-electron chi connectivity index (χ4n) is 2.01. The smallest absolute Gasteiger partial charge is 0.161 e. The van der Waals surface area contributed by atoms with Crippen LogP contribution in [0.3, 0.4) is 0 Å². The summed E-state index contributed by atoms with van der Waals surface area (Å²) in [6.07, 6.45) is 2.03. The topological polar surface area (TPSA) is 78.6 Å². The molecule has 1 unspecified atom stereocenters. The SMILES string of the molecule is CC(C)(C(N)c1ccc2c(c1)OCCCO2)S(C)(=O)=O. The van der Waals surface area contributed by atoms with Crippen LogP contribution in [0.15, 0.2) is 18.2 Å². The average molecular weight is 299 g/mol. The van der Waals surface area contributed by atoms with E-state index in [0.29, 0.717) is 24.7 Å². The molecule has 0 aromatic heterocycles. The molecule has 1 aliphatic heterocycles. The van der Waals surface area contributed by atoms with Gasteiger partial charge in [-0.1, -0.05) is 6.07 Å². The monoisotopic (exact) mass is 299 g/mol. The first kappa shape index (κ1) is 15.1. The molecule has 2 N–H and O–H groups in total. The van der Waals surface area contributed by atoms with Crippen molar-refractivity contribution < 1.29 is 17.9 Å². The van der Waals surface area contributed by atoms with Crippen LogP contribution < -0.4 is 15.2 Å². The number of sulfone groups is 1. The van der Waals surface area contributed by atoms with E-state index in [1.54, 1.807) is 32.0 Å². The van der Waals surface area contributed by atoms with Gasteiger partial charge in [-0.05, 0) is 31.5 Å². The molecule has 1 aromatic carbocycles. The molecule has 112 valence electrons. The summed E-state index contributed by atoms with van der Waals surface area (Å²) in [4.78, 5) is 0. The molecule has 1 atom stereocenters. The predicted octanol–water partition coefficient (Wildman–Crippen LogP) is 1.67. The van der Waals surface area contributed by atoms with Gasteiger partial charge in [0.15, 0.2) is 21.3 Å². The molecule has 1 aliphatic rings. The zero-order chi connectivity index (χ0) is 15.0. The lowest BCUT2D eigenvalue weighted by Crippen LogP contribution is -2.42. The van der Waals surface area contributed by atoms with Gasteiger partial charge in [-0.2, -0.15) is 0 Å². The number of fused-ring (bicyclic) bond motifs is 1. The normalized spacial score (nSPS) is 17.4. The minimum atomic E-state index is -3.28. The number of hydrogen-bond acceptors (Lipinski definition) is 5. The van der Waals surface area contributed by atoms with Gasteiger partial charge in [0.1, 0.15) is 0 Å². The van der Waals surface area contributed by atoms with Gasteiger partial charge in [0.2, 0.25) is 0 Å². The third kappa shape index (κ3) is 2.76. The Bertz CT molecular complexity index is 595. The highest BCUT2D eigenvalue weighted by Crippen LogP contribution is 2.36. The largest absolute Gasteiger partial charge is 0.490 e. The zero-order valence-corrected chi connectivity index (χ0v) is 12.9. The molecule has 1 heterocycles. The Labute approximate surface area is 120 Å². The van der Waals surface area contributed by atoms with Crippen molar-refractivity contribution in [1.82, 2.24) is 0 Å². The second-order valence-corrected chi connectivity index (χ2v) is 8.21. The Morgan fingerprint density at radius 2 is 1.80 bits per heavy atom. The second-order valence-electron chi connectivity index (χ2n) is 5.61. The number of ether oxygens (including phenoxy) is 2. The maximum absolute atomic E-state index is 11.9. The first-order chi connectivity index (χ1) is 9.23. The Morgan fingerprint density at radius 1 is 1.20 bits per heavy atom. The van der Waals surface area contributed by atoms with Crippen molar-refractivity contribution in [2.45, 2.75) is 31.1 Å². The summed E-state index contributed by atoms with van der Waals surface area (Å²) in [5.41, 5.74) is 6.88. The summed E-state index contributed by atoms with van der Waals surface area (Å²) in [6.45, 7) is 4.47. The lowest BCUT2D eigenvalue weighted by Gasteiger charge is -2.30. The van der Waals surface area contributed by atoms with Crippen molar-refractivity contribution in [2.75, 3.05) is 19.5 Å². The summed E-state index contributed by atoms with van der Waals surface area (Å²) in [6, 6.07) is 4.73. The van der Waals surface area contributed by atoms with E-state index in [0.717, 1.165) is 12.0 Å². The molecule has 2 rings (SSSR count). The highest BCUT2D eigenvalue weighted by Gasteiger charge is 2.38. The van der Waals surface area contributed by atoms with Crippen LogP contribution in [0.5, 0.6) is 11.5 Å². The molecule has 0 fully saturated rings. The molecule has 5 nitrogen and oxygen atoms in total. The Hall–Kier alpha value is -1.27. The minimum Gasteiger partial charge on any atom is -0.490 e. The van der Waals surface area contributed by atoms with Crippen LogP contribution in [0.4, 0.5) is 0 Å². The van der Waals surface area contributed by atoms with Gasteiger partial charge in [0.05, 0.1) is 18.0 Å². The number of hydrogen-bond donors (Lipinski definition) is 1. The van der Waals surface area contributed by atoms with Gasteiger partial charge in [-0.25, -0.2) is 8.42 Å². The molecule has 0 aliphatic carbocycles. The molecule has 0 bridgehead atoms. The molecule has 0 amide bonds. The molecule has 20 heavy (non-hydrogen) atoms. The van der Waals surface area contributed by atoms with Crippen LogP contribution in [0.1, 0.15) is 31.9 Å². The third-order valence-electron chi connectivity index (χ3n) is 3.84. The average Bonchev–Trinajstić information content (AvgIpc) is 2.60. The van der Waals surface area contributed by atoms with Crippen molar-refractivity contribution in [1.29, 1.82) is 0 Å². The van der Waals surface area contributed by atoms with E-state index in [1.807, 2.05) is 0 Å². The summed E-state index contributed by atoms with van der Waals surface area (Å²) in [5, 5.41) is 0. The summed E-state index contributed by atoms with van der Waals surface area (Å²) < 4.78 is 33.9. The molecule has 0 radical (unpaired) electrons. The van der Waals surface area contributed by atoms with Gasteiger partial charge in [0, 0.05) is 18.7 Å². The molecular weight excluding hydrogens is 278 g/mol. The van der Waals surface area contributed by atoms with Crippen LogP contribution in [0.25, 0.3) is 0 Å². The molecule has 0 saturated carbocycles. The first-order valence-electron chi connectivity index (χ1n) is 6.58. The lowest BCUT2D eigenvalue weighted by atomic mass is 9.96. The van der Waals surface area contributed by atoms with E-state index in [-0.39, 0.29) is 0 Å². The fraction of sp³-hybridized carbons (Fsp3) is 0.571. The highest BCUT2D eigenvalue weighted by molar-refractivity contribution is 7.92. The van der Waals surface area contributed by atoms with Gasteiger partial charge >= 0.3 is 0 Å². The van der Waals surface area contributed by atoms with Crippen LogP contribution >= 0.6 is 0 Å². The number of nitrogens with two attached hydrogens (primary N) is 1. The highest BCUT2D eigenvalue weighted by atomic mass is 32.2. The first-order valence-corrected chi connectivity index (χ1v) is 8.47.